The number of ether oxygens (including phenoxy) is 1. The summed E-state index contributed by atoms with van der Waals surface area (Å²) >= 11 is 0. The van der Waals surface area contributed by atoms with Crippen LogP contribution in [0.5, 0.6) is 5.75 Å². The summed E-state index contributed by atoms with van der Waals surface area (Å²) in [5.74, 6) is -0.316. The van der Waals surface area contributed by atoms with E-state index < -0.39 is 20.4 Å². The minimum absolute atomic E-state index is 0.00412. The zero-order valence-electron chi connectivity index (χ0n) is 11.7. The Morgan fingerprint density at radius 2 is 1.95 bits per heavy atom. The smallest absolute Gasteiger partial charge is 0.167 e. The molecule has 1 N–H and O–H groups in total. The average molecular weight is 289 g/mol. The van der Waals surface area contributed by atoms with E-state index in [1.807, 2.05) is 0 Å². The van der Waals surface area contributed by atoms with Crippen LogP contribution in [0, 0.1) is 5.82 Å². The quantitative estimate of drug-likeness (QED) is 0.904. The Labute approximate surface area is 113 Å². The number of methoxy groups -OCH3 is 1. The molecule has 4 nitrogen and oxygen atoms in total. The second-order valence-corrected chi connectivity index (χ2v) is 8.07. The van der Waals surface area contributed by atoms with Crippen LogP contribution >= 0.6 is 0 Å². The molecule has 0 atom stereocenters. The monoisotopic (exact) mass is 289 g/mol. The Kier molecular flexibility index (Phi) is 4.79. The maximum Gasteiger partial charge on any atom is 0.167 e. The van der Waals surface area contributed by atoms with Gasteiger partial charge in [0.05, 0.1) is 17.6 Å². The van der Waals surface area contributed by atoms with Crippen molar-refractivity contribution in [2.75, 3.05) is 24.7 Å². The fourth-order valence-electron chi connectivity index (χ4n) is 1.41. The maximum atomic E-state index is 13.4. The van der Waals surface area contributed by atoms with Gasteiger partial charge in [-0.3, -0.25) is 0 Å². The van der Waals surface area contributed by atoms with E-state index in [4.69, 9.17) is 4.74 Å². The van der Waals surface area contributed by atoms with Gasteiger partial charge in [0.1, 0.15) is 0 Å². The summed E-state index contributed by atoms with van der Waals surface area (Å²) < 4.78 is 41.2. The van der Waals surface area contributed by atoms with Gasteiger partial charge in [0, 0.05) is 18.3 Å². The predicted octanol–water partition coefficient (Wildman–Crippen LogP) is 2.46. The summed E-state index contributed by atoms with van der Waals surface area (Å²) in [6.07, 6.45) is 0. The highest BCUT2D eigenvalue weighted by molar-refractivity contribution is 7.92. The van der Waals surface area contributed by atoms with Crippen molar-refractivity contribution in [2.24, 2.45) is 0 Å². The normalized spacial score (nSPS) is 12.3. The molecule has 1 rings (SSSR count). The van der Waals surface area contributed by atoms with Gasteiger partial charge in [-0.05, 0) is 32.9 Å². The fraction of sp³-hybridized carbons (Fsp3) is 0.538. The second-order valence-electron chi connectivity index (χ2n) is 5.21. The number of rotatable bonds is 5. The Bertz CT molecular complexity index is 535. The molecule has 0 aliphatic rings. The van der Waals surface area contributed by atoms with Gasteiger partial charge in [-0.15, -0.1) is 0 Å². The van der Waals surface area contributed by atoms with Crippen molar-refractivity contribution >= 4 is 15.5 Å². The molecule has 0 saturated carbocycles. The van der Waals surface area contributed by atoms with Crippen molar-refractivity contribution in [2.45, 2.75) is 25.5 Å². The third-order valence-corrected chi connectivity index (χ3v) is 5.39. The molecule has 0 radical (unpaired) electrons. The molecule has 0 aliphatic heterocycles. The number of halogens is 1. The van der Waals surface area contributed by atoms with Crippen LogP contribution in [0.4, 0.5) is 10.1 Å². The van der Waals surface area contributed by atoms with Crippen LogP contribution in [0.1, 0.15) is 20.8 Å². The van der Waals surface area contributed by atoms with E-state index in [2.05, 4.69) is 5.32 Å². The molecule has 6 heteroatoms. The summed E-state index contributed by atoms with van der Waals surface area (Å²) in [7, 11) is -1.78. The summed E-state index contributed by atoms with van der Waals surface area (Å²) in [4.78, 5) is 0. The average Bonchev–Trinajstić information content (AvgIpc) is 2.27. The minimum Gasteiger partial charge on any atom is -0.494 e. The molecular formula is C13H20FNO3S. The Morgan fingerprint density at radius 1 is 1.32 bits per heavy atom. The van der Waals surface area contributed by atoms with Crippen LogP contribution in [0.15, 0.2) is 18.2 Å². The number of anilines is 1. The highest BCUT2D eigenvalue weighted by atomic mass is 32.2. The Hall–Kier alpha value is -1.30. The third-order valence-electron chi connectivity index (χ3n) is 2.78. The topological polar surface area (TPSA) is 55.4 Å². The van der Waals surface area contributed by atoms with E-state index >= 15 is 0 Å². The molecule has 1 aromatic rings. The molecule has 0 aromatic heterocycles. The molecule has 0 saturated heterocycles. The van der Waals surface area contributed by atoms with Gasteiger partial charge < -0.3 is 10.1 Å². The molecule has 19 heavy (non-hydrogen) atoms. The lowest BCUT2D eigenvalue weighted by Crippen LogP contribution is -2.32. The SMILES string of the molecule is COc1ccc(NCCS(=O)(=O)C(C)(C)C)cc1F. The van der Waals surface area contributed by atoms with Crippen molar-refractivity contribution in [1.82, 2.24) is 0 Å². The van der Waals surface area contributed by atoms with Gasteiger partial charge in [0.25, 0.3) is 0 Å². The van der Waals surface area contributed by atoms with E-state index in [0.29, 0.717) is 5.69 Å². The standard InChI is InChI=1S/C13H20FNO3S/c1-13(2,3)19(16,17)8-7-15-10-5-6-12(18-4)11(14)9-10/h5-6,9,15H,7-8H2,1-4H3. The Morgan fingerprint density at radius 3 is 2.42 bits per heavy atom. The second kappa shape index (κ2) is 5.77. The summed E-state index contributed by atoms with van der Waals surface area (Å²) in [5, 5.41) is 2.89. The summed E-state index contributed by atoms with van der Waals surface area (Å²) in [6.45, 7) is 5.23. The van der Waals surface area contributed by atoms with E-state index in [-0.39, 0.29) is 18.0 Å². The van der Waals surface area contributed by atoms with Crippen LogP contribution in [0.25, 0.3) is 0 Å². The van der Waals surface area contributed by atoms with E-state index in [0.717, 1.165) is 0 Å². The van der Waals surface area contributed by atoms with Crippen LogP contribution in [-0.4, -0.2) is 32.6 Å². The van der Waals surface area contributed by atoms with Crippen LogP contribution < -0.4 is 10.1 Å². The van der Waals surface area contributed by atoms with Gasteiger partial charge in [0.15, 0.2) is 21.4 Å². The third kappa shape index (κ3) is 4.09. The summed E-state index contributed by atoms with van der Waals surface area (Å²) in [5.41, 5.74) is 0.530. The molecule has 0 amide bonds. The first-order valence-electron chi connectivity index (χ1n) is 5.97. The number of benzene rings is 1. The largest absolute Gasteiger partial charge is 0.494 e. The van der Waals surface area contributed by atoms with E-state index in [1.54, 1.807) is 26.8 Å². The fourth-order valence-corrected chi connectivity index (χ4v) is 2.40. The Balaban J connectivity index is 2.62. The molecule has 0 fully saturated rings. The lowest BCUT2D eigenvalue weighted by Gasteiger charge is -2.19. The van der Waals surface area contributed by atoms with Crippen molar-refractivity contribution in [1.29, 1.82) is 0 Å². The zero-order chi connectivity index (χ0) is 14.7. The van der Waals surface area contributed by atoms with Crippen molar-refractivity contribution < 1.29 is 17.5 Å². The number of hydrogen-bond donors (Lipinski definition) is 1. The van der Waals surface area contributed by atoms with E-state index in [1.165, 1.54) is 19.2 Å². The van der Waals surface area contributed by atoms with Gasteiger partial charge in [-0.1, -0.05) is 0 Å². The molecule has 0 aliphatic carbocycles. The highest BCUT2D eigenvalue weighted by Crippen LogP contribution is 2.21. The first-order valence-corrected chi connectivity index (χ1v) is 7.62. The molecule has 0 spiro atoms. The highest BCUT2D eigenvalue weighted by Gasteiger charge is 2.28. The van der Waals surface area contributed by atoms with Gasteiger partial charge in [0.2, 0.25) is 0 Å². The number of sulfone groups is 1. The number of hydrogen-bond acceptors (Lipinski definition) is 4. The van der Waals surface area contributed by atoms with Gasteiger partial charge in [-0.25, -0.2) is 12.8 Å². The van der Waals surface area contributed by atoms with Crippen LogP contribution in [0.2, 0.25) is 0 Å². The van der Waals surface area contributed by atoms with Crippen molar-refractivity contribution in [3.63, 3.8) is 0 Å². The first kappa shape index (κ1) is 15.8. The molecule has 1 aromatic carbocycles. The summed E-state index contributed by atoms with van der Waals surface area (Å²) in [6, 6.07) is 4.42. The maximum absolute atomic E-state index is 13.4. The van der Waals surface area contributed by atoms with Crippen LogP contribution in [-0.2, 0) is 9.84 Å². The van der Waals surface area contributed by atoms with Crippen molar-refractivity contribution in [3.8, 4) is 5.75 Å². The zero-order valence-corrected chi connectivity index (χ0v) is 12.5. The van der Waals surface area contributed by atoms with Crippen molar-refractivity contribution in [3.05, 3.63) is 24.0 Å². The molecular weight excluding hydrogens is 269 g/mol. The minimum atomic E-state index is -3.17. The number of nitrogens with one attached hydrogen (secondary N) is 1. The lowest BCUT2D eigenvalue weighted by atomic mass is 10.3. The van der Waals surface area contributed by atoms with E-state index in [9.17, 15) is 12.8 Å². The molecule has 0 bridgehead atoms. The van der Waals surface area contributed by atoms with Gasteiger partial charge >= 0.3 is 0 Å². The molecule has 0 heterocycles. The van der Waals surface area contributed by atoms with Crippen LogP contribution in [0.3, 0.4) is 0 Å². The molecule has 108 valence electrons. The first-order chi connectivity index (χ1) is 8.67. The van der Waals surface area contributed by atoms with Gasteiger partial charge in [-0.2, -0.15) is 0 Å². The lowest BCUT2D eigenvalue weighted by molar-refractivity contribution is 0.386. The molecule has 0 unspecified atom stereocenters. The predicted molar refractivity (Wildman–Crippen MR) is 75.0 cm³/mol.